The molecule has 1 aromatic rings. The van der Waals surface area contributed by atoms with E-state index < -0.39 is 5.82 Å². The second-order valence-electron chi connectivity index (χ2n) is 2.42. The molecule has 0 aliphatic carbocycles. The molecular weight excluding hydrogens is 155 g/mol. The third-order valence-corrected chi connectivity index (χ3v) is 1.57. The van der Waals surface area contributed by atoms with Crippen molar-refractivity contribution in [2.75, 3.05) is 7.05 Å². The molecule has 0 saturated carbocycles. The molecule has 0 aliphatic rings. The fraction of sp³-hybridized carbons (Fsp3) is 0.222. The van der Waals surface area contributed by atoms with Crippen LogP contribution < -0.4 is 5.32 Å². The Balaban J connectivity index is 3.07. The van der Waals surface area contributed by atoms with E-state index in [9.17, 15) is 4.39 Å². The summed E-state index contributed by atoms with van der Waals surface area (Å²) in [5.41, 5.74) is 0.624. The summed E-state index contributed by atoms with van der Waals surface area (Å²) < 4.78 is 13.2. The first kappa shape index (κ1) is 8.69. The average molecular weight is 164 g/mol. The van der Waals surface area contributed by atoms with Gasteiger partial charge in [0.1, 0.15) is 11.9 Å². The van der Waals surface area contributed by atoms with Crippen molar-refractivity contribution in [1.82, 2.24) is 5.32 Å². The number of nitrogens with zero attached hydrogens (tertiary/aromatic N) is 1. The minimum atomic E-state index is -0.422. The van der Waals surface area contributed by atoms with E-state index in [1.807, 2.05) is 0 Å². The van der Waals surface area contributed by atoms with Gasteiger partial charge in [-0.2, -0.15) is 5.26 Å². The van der Waals surface area contributed by atoms with Crippen LogP contribution in [0.4, 0.5) is 4.39 Å². The Labute approximate surface area is 70.6 Å². The number of nitriles is 1. The van der Waals surface area contributed by atoms with E-state index >= 15 is 0 Å². The lowest BCUT2D eigenvalue weighted by molar-refractivity contribution is 0.597. The standard InChI is InChI=1S/C9H9FN2/c1-12-6-8-4-2-3-7(5-11)9(8)10/h2-4,12H,6H2,1H3. The van der Waals surface area contributed by atoms with Gasteiger partial charge in [-0.25, -0.2) is 4.39 Å². The summed E-state index contributed by atoms with van der Waals surface area (Å²) in [4.78, 5) is 0. The first-order chi connectivity index (χ1) is 5.79. The van der Waals surface area contributed by atoms with Gasteiger partial charge in [0.15, 0.2) is 0 Å². The largest absolute Gasteiger partial charge is 0.316 e. The van der Waals surface area contributed by atoms with Crippen molar-refractivity contribution in [2.24, 2.45) is 0 Å². The normalized spacial score (nSPS) is 9.42. The highest BCUT2D eigenvalue weighted by atomic mass is 19.1. The summed E-state index contributed by atoms with van der Waals surface area (Å²) in [5.74, 6) is -0.422. The Kier molecular flexibility index (Phi) is 2.78. The highest BCUT2D eigenvalue weighted by Gasteiger charge is 2.05. The highest BCUT2D eigenvalue weighted by Crippen LogP contribution is 2.11. The average Bonchev–Trinajstić information content (AvgIpc) is 2.09. The Morgan fingerprint density at radius 1 is 1.58 bits per heavy atom. The lowest BCUT2D eigenvalue weighted by atomic mass is 10.1. The van der Waals surface area contributed by atoms with Gasteiger partial charge in [0.05, 0.1) is 5.56 Å². The van der Waals surface area contributed by atoms with Gasteiger partial charge < -0.3 is 5.32 Å². The number of rotatable bonds is 2. The van der Waals surface area contributed by atoms with Crippen molar-refractivity contribution in [3.8, 4) is 6.07 Å². The molecule has 0 atom stereocenters. The third kappa shape index (κ3) is 1.60. The number of hydrogen-bond acceptors (Lipinski definition) is 2. The molecule has 0 radical (unpaired) electrons. The summed E-state index contributed by atoms with van der Waals surface area (Å²) in [5, 5.41) is 11.3. The first-order valence-electron chi connectivity index (χ1n) is 3.61. The lowest BCUT2D eigenvalue weighted by Crippen LogP contribution is -2.07. The molecule has 1 N–H and O–H groups in total. The van der Waals surface area contributed by atoms with Gasteiger partial charge in [0.2, 0.25) is 0 Å². The van der Waals surface area contributed by atoms with Gasteiger partial charge in [0, 0.05) is 12.1 Å². The minimum absolute atomic E-state index is 0.0998. The van der Waals surface area contributed by atoms with E-state index in [1.54, 1.807) is 25.2 Å². The predicted molar refractivity (Wildman–Crippen MR) is 43.9 cm³/mol. The molecule has 0 spiro atoms. The molecule has 0 aromatic heterocycles. The maximum absolute atomic E-state index is 13.2. The van der Waals surface area contributed by atoms with Crippen LogP contribution in [0.25, 0.3) is 0 Å². The van der Waals surface area contributed by atoms with Crippen molar-refractivity contribution in [1.29, 1.82) is 5.26 Å². The lowest BCUT2D eigenvalue weighted by Gasteiger charge is -2.01. The van der Waals surface area contributed by atoms with Crippen molar-refractivity contribution < 1.29 is 4.39 Å². The Bertz CT molecular complexity index is 315. The predicted octanol–water partition coefficient (Wildman–Crippen LogP) is 1.42. The highest BCUT2D eigenvalue weighted by molar-refractivity contribution is 5.34. The molecule has 0 saturated heterocycles. The molecule has 62 valence electrons. The van der Waals surface area contributed by atoms with Crippen molar-refractivity contribution >= 4 is 0 Å². The van der Waals surface area contributed by atoms with Crippen LogP contribution in [0.5, 0.6) is 0 Å². The number of hydrogen-bond donors (Lipinski definition) is 1. The molecule has 0 aliphatic heterocycles. The quantitative estimate of drug-likeness (QED) is 0.717. The van der Waals surface area contributed by atoms with Gasteiger partial charge in [-0.15, -0.1) is 0 Å². The summed E-state index contributed by atoms with van der Waals surface area (Å²) in [7, 11) is 1.73. The Morgan fingerprint density at radius 2 is 2.33 bits per heavy atom. The van der Waals surface area contributed by atoms with E-state index in [0.717, 1.165) is 0 Å². The summed E-state index contributed by atoms with van der Waals surface area (Å²) in [6, 6.07) is 6.59. The third-order valence-electron chi connectivity index (χ3n) is 1.57. The van der Waals surface area contributed by atoms with Gasteiger partial charge in [-0.3, -0.25) is 0 Å². The molecular formula is C9H9FN2. The molecule has 3 heteroatoms. The number of benzene rings is 1. The van der Waals surface area contributed by atoms with Crippen LogP contribution in [0.3, 0.4) is 0 Å². The van der Waals surface area contributed by atoms with E-state index in [4.69, 9.17) is 5.26 Å². The van der Waals surface area contributed by atoms with E-state index in [2.05, 4.69) is 5.32 Å². The molecule has 12 heavy (non-hydrogen) atoms. The topological polar surface area (TPSA) is 35.8 Å². The van der Waals surface area contributed by atoms with Crippen LogP contribution in [0.1, 0.15) is 11.1 Å². The molecule has 1 rings (SSSR count). The smallest absolute Gasteiger partial charge is 0.145 e. The van der Waals surface area contributed by atoms with Crippen LogP contribution >= 0.6 is 0 Å². The molecule has 0 unspecified atom stereocenters. The molecule has 2 nitrogen and oxygen atoms in total. The van der Waals surface area contributed by atoms with E-state index in [-0.39, 0.29) is 5.56 Å². The Hall–Kier alpha value is -1.40. The van der Waals surface area contributed by atoms with Gasteiger partial charge >= 0.3 is 0 Å². The van der Waals surface area contributed by atoms with Crippen molar-refractivity contribution in [3.63, 3.8) is 0 Å². The summed E-state index contributed by atoms with van der Waals surface area (Å²) in [6.45, 7) is 0.446. The first-order valence-corrected chi connectivity index (χ1v) is 3.61. The monoisotopic (exact) mass is 164 g/mol. The second kappa shape index (κ2) is 3.84. The molecule has 0 bridgehead atoms. The van der Waals surface area contributed by atoms with Gasteiger partial charge in [0.25, 0.3) is 0 Å². The zero-order valence-corrected chi connectivity index (χ0v) is 6.76. The van der Waals surface area contributed by atoms with Gasteiger partial charge in [-0.1, -0.05) is 12.1 Å². The molecule has 0 fully saturated rings. The minimum Gasteiger partial charge on any atom is -0.316 e. The maximum Gasteiger partial charge on any atom is 0.145 e. The molecule has 0 heterocycles. The zero-order chi connectivity index (χ0) is 8.97. The van der Waals surface area contributed by atoms with E-state index in [1.165, 1.54) is 6.07 Å². The Morgan fingerprint density at radius 3 is 2.92 bits per heavy atom. The van der Waals surface area contributed by atoms with Crippen LogP contribution in [0, 0.1) is 17.1 Å². The van der Waals surface area contributed by atoms with Crippen LogP contribution in [0.2, 0.25) is 0 Å². The van der Waals surface area contributed by atoms with Crippen LogP contribution in [-0.4, -0.2) is 7.05 Å². The summed E-state index contributed by atoms with van der Waals surface area (Å²) in [6.07, 6.45) is 0. The fourth-order valence-electron chi connectivity index (χ4n) is 0.993. The van der Waals surface area contributed by atoms with Crippen molar-refractivity contribution in [2.45, 2.75) is 6.54 Å². The fourth-order valence-corrected chi connectivity index (χ4v) is 0.993. The SMILES string of the molecule is CNCc1cccc(C#N)c1F. The molecule has 1 aromatic carbocycles. The van der Waals surface area contributed by atoms with E-state index in [0.29, 0.717) is 12.1 Å². The van der Waals surface area contributed by atoms with Crippen LogP contribution in [-0.2, 0) is 6.54 Å². The van der Waals surface area contributed by atoms with Gasteiger partial charge in [-0.05, 0) is 13.1 Å². The maximum atomic E-state index is 13.2. The van der Waals surface area contributed by atoms with Crippen LogP contribution in [0.15, 0.2) is 18.2 Å². The number of nitrogens with one attached hydrogen (secondary N) is 1. The number of halogens is 1. The summed E-state index contributed by atoms with van der Waals surface area (Å²) >= 11 is 0. The molecule has 0 amide bonds. The zero-order valence-electron chi connectivity index (χ0n) is 6.76. The second-order valence-corrected chi connectivity index (χ2v) is 2.42. The van der Waals surface area contributed by atoms with Crippen molar-refractivity contribution in [3.05, 3.63) is 35.1 Å².